The van der Waals surface area contributed by atoms with Crippen molar-refractivity contribution in [2.24, 2.45) is 0 Å². The van der Waals surface area contributed by atoms with E-state index in [1.165, 1.54) is 0 Å². The second kappa shape index (κ2) is 7.43. The fourth-order valence-electron chi connectivity index (χ4n) is 3.10. The number of benzene rings is 1. The van der Waals surface area contributed by atoms with E-state index in [0.29, 0.717) is 17.0 Å². The molecule has 1 aromatic carbocycles. The van der Waals surface area contributed by atoms with Gasteiger partial charge < -0.3 is 20.3 Å². The Labute approximate surface area is 144 Å². The number of ketones is 1. The third-order valence-corrected chi connectivity index (χ3v) is 4.26. The van der Waals surface area contributed by atoms with Crippen molar-refractivity contribution >= 4 is 11.9 Å². The van der Waals surface area contributed by atoms with Crippen molar-refractivity contribution in [3.05, 3.63) is 35.7 Å². The predicted octanol–water partition coefficient (Wildman–Crippen LogP) is 2.01. The Hall–Kier alpha value is -2.74. The topological polar surface area (TPSA) is 117 Å². The number of amides is 1. The normalized spacial score (nSPS) is 18.5. The number of rotatable bonds is 5. The number of carbonyl (C=O) groups is 2. The van der Waals surface area contributed by atoms with Crippen molar-refractivity contribution in [1.29, 1.82) is 0 Å². The van der Waals surface area contributed by atoms with Gasteiger partial charge in [-0.15, -0.1) is 0 Å². The van der Waals surface area contributed by atoms with Crippen LogP contribution in [0.15, 0.2) is 28.8 Å². The standard InChI is InChI=1S/C17H20N4O4/c1-10-19-16(25-21-10)12-7-3-2-6-11(12)15(22)14(20-17(23)24)13-8-4-5-9-18-13/h2-3,6-7,13-14,18,20H,4-5,8-9H2,1H3,(H,23,24)/t13?,14-/m0/s1. The van der Waals surface area contributed by atoms with Crippen molar-refractivity contribution < 1.29 is 19.2 Å². The number of hydrogen-bond acceptors (Lipinski definition) is 6. The van der Waals surface area contributed by atoms with Crippen LogP contribution >= 0.6 is 0 Å². The first-order valence-corrected chi connectivity index (χ1v) is 8.23. The summed E-state index contributed by atoms with van der Waals surface area (Å²) in [7, 11) is 0. The lowest BCUT2D eigenvalue weighted by atomic mass is 9.90. The van der Waals surface area contributed by atoms with Gasteiger partial charge in [0, 0.05) is 11.6 Å². The number of carboxylic acid groups (broad SMARTS) is 1. The van der Waals surface area contributed by atoms with Crippen molar-refractivity contribution in [2.45, 2.75) is 38.3 Å². The van der Waals surface area contributed by atoms with E-state index in [-0.39, 0.29) is 17.7 Å². The van der Waals surface area contributed by atoms with Crippen LogP contribution in [0.2, 0.25) is 0 Å². The summed E-state index contributed by atoms with van der Waals surface area (Å²) in [5.74, 6) is 0.395. The van der Waals surface area contributed by atoms with Crippen LogP contribution in [0.25, 0.3) is 11.5 Å². The zero-order chi connectivity index (χ0) is 17.8. The minimum absolute atomic E-state index is 0.241. The summed E-state index contributed by atoms with van der Waals surface area (Å²) in [4.78, 5) is 28.5. The number of carbonyl (C=O) groups excluding carboxylic acids is 1. The minimum atomic E-state index is -1.23. The number of nitrogens with zero attached hydrogens (tertiary/aromatic N) is 2. The van der Waals surface area contributed by atoms with Crippen LogP contribution in [0.5, 0.6) is 0 Å². The zero-order valence-corrected chi connectivity index (χ0v) is 13.9. The maximum absolute atomic E-state index is 13.1. The van der Waals surface area contributed by atoms with Crippen LogP contribution in [-0.4, -0.2) is 45.8 Å². The van der Waals surface area contributed by atoms with Crippen LogP contribution < -0.4 is 10.6 Å². The molecule has 2 heterocycles. The lowest BCUT2D eigenvalue weighted by Gasteiger charge is -2.30. The predicted molar refractivity (Wildman–Crippen MR) is 89.4 cm³/mol. The molecule has 1 amide bonds. The van der Waals surface area contributed by atoms with Crippen LogP contribution in [0.1, 0.15) is 35.4 Å². The van der Waals surface area contributed by atoms with Crippen molar-refractivity contribution in [1.82, 2.24) is 20.8 Å². The van der Waals surface area contributed by atoms with E-state index in [4.69, 9.17) is 9.63 Å². The smallest absolute Gasteiger partial charge is 0.405 e. The Morgan fingerprint density at radius 1 is 1.36 bits per heavy atom. The van der Waals surface area contributed by atoms with Crippen molar-refractivity contribution in [3.8, 4) is 11.5 Å². The molecule has 1 saturated heterocycles. The molecule has 1 aliphatic rings. The lowest BCUT2D eigenvalue weighted by Crippen LogP contribution is -2.55. The zero-order valence-electron chi connectivity index (χ0n) is 13.9. The molecule has 2 atom stereocenters. The van der Waals surface area contributed by atoms with E-state index in [1.807, 2.05) is 0 Å². The summed E-state index contributed by atoms with van der Waals surface area (Å²) in [6.45, 7) is 2.46. The number of nitrogens with one attached hydrogen (secondary N) is 2. The van der Waals surface area contributed by atoms with E-state index >= 15 is 0 Å². The van der Waals surface area contributed by atoms with Gasteiger partial charge in [0.15, 0.2) is 11.6 Å². The molecule has 2 aromatic rings. The molecule has 25 heavy (non-hydrogen) atoms. The van der Waals surface area contributed by atoms with Crippen LogP contribution in [-0.2, 0) is 0 Å². The van der Waals surface area contributed by atoms with Gasteiger partial charge in [0.2, 0.25) is 0 Å². The van der Waals surface area contributed by atoms with Gasteiger partial charge in [0.05, 0.1) is 5.56 Å². The first-order chi connectivity index (χ1) is 12.1. The average Bonchev–Trinajstić information content (AvgIpc) is 3.06. The van der Waals surface area contributed by atoms with E-state index in [9.17, 15) is 9.59 Å². The second-order valence-electron chi connectivity index (χ2n) is 6.04. The van der Waals surface area contributed by atoms with Gasteiger partial charge >= 0.3 is 6.09 Å². The first kappa shape index (κ1) is 17.1. The molecular weight excluding hydrogens is 324 g/mol. The molecule has 3 rings (SSSR count). The summed E-state index contributed by atoms with van der Waals surface area (Å²) >= 11 is 0. The molecule has 8 heteroatoms. The van der Waals surface area contributed by atoms with E-state index in [0.717, 1.165) is 25.8 Å². The van der Waals surface area contributed by atoms with Crippen LogP contribution in [0.3, 0.4) is 0 Å². The summed E-state index contributed by atoms with van der Waals surface area (Å²) < 4.78 is 5.18. The average molecular weight is 344 g/mol. The molecule has 1 aromatic heterocycles. The highest BCUT2D eigenvalue weighted by Gasteiger charge is 2.33. The molecule has 0 radical (unpaired) electrons. The third-order valence-electron chi connectivity index (χ3n) is 4.26. The molecule has 0 aliphatic carbocycles. The molecule has 1 unspecified atom stereocenters. The Balaban J connectivity index is 1.95. The Morgan fingerprint density at radius 3 is 2.80 bits per heavy atom. The fourth-order valence-corrected chi connectivity index (χ4v) is 3.10. The fraction of sp³-hybridized carbons (Fsp3) is 0.412. The third kappa shape index (κ3) is 3.85. The lowest BCUT2D eigenvalue weighted by molar-refractivity contribution is 0.0903. The number of hydrogen-bond donors (Lipinski definition) is 3. The maximum atomic E-state index is 13.1. The van der Waals surface area contributed by atoms with E-state index in [1.54, 1.807) is 31.2 Å². The number of Topliss-reactive ketones (excluding diaryl/α,β-unsaturated/α-hetero) is 1. The van der Waals surface area contributed by atoms with Gasteiger partial charge in [-0.1, -0.05) is 29.8 Å². The number of aromatic nitrogens is 2. The first-order valence-electron chi connectivity index (χ1n) is 8.23. The Bertz CT molecular complexity index is 768. The highest BCUT2D eigenvalue weighted by molar-refractivity contribution is 6.06. The largest absolute Gasteiger partial charge is 0.465 e. The summed E-state index contributed by atoms with van der Waals surface area (Å²) in [6.07, 6.45) is 1.48. The maximum Gasteiger partial charge on any atom is 0.405 e. The van der Waals surface area contributed by atoms with Gasteiger partial charge in [0.1, 0.15) is 6.04 Å². The molecule has 0 saturated carbocycles. The number of aryl methyl sites for hydroxylation is 1. The van der Waals surface area contributed by atoms with Gasteiger partial charge in [0.25, 0.3) is 5.89 Å². The molecule has 0 spiro atoms. The van der Waals surface area contributed by atoms with E-state index < -0.39 is 12.1 Å². The molecule has 132 valence electrons. The SMILES string of the molecule is Cc1noc(-c2ccccc2C(=O)[C@@H](NC(=O)O)C2CCCCN2)n1. The van der Waals surface area contributed by atoms with Gasteiger partial charge in [-0.2, -0.15) is 4.98 Å². The summed E-state index contributed by atoms with van der Waals surface area (Å²) in [5.41, 5.74) is 0.860. The molecule has 1 fully saturated rings. The van der Waals surface area contributed by atoms with E-state index in [2.05, 4.69) is 20.8 Å². The minimum Gasteiger partial charge on any atom is -0.465 e. The summed E-state index contributed by atoms with van der Waals surface area (Å²) in [5, 5.41) is 18.5. The molecule has 1 aliphatic heterocycles. The highest BCUT2D eigenvalue weighted by Crippen LogP contribution is 2.24. The molecule has 0 bridgehead atoms. The van der Waals surface area contributed by atoms with Crippen molar-refractivity contribution in [3.63, 3.8) is 0 Å². The van der Waals surface area contributed by atoms with Gasteiger partial charge in [-0.3, -0.25) is 4.79 Å². The molecule has 3 N–H and O–H groups in total. The van der Waals surface area contributed by atoms with Crippen LogP contribution in [0.4, 0.5) is 4.79 Å². The summed E-state index contributed by atoms with van der Waals surface area (Å²) in [6, 6.07) is 5.75. The van der Waals surface area contributed by atoms with Gasteiger partial charge in [-0.05, 0) is 32.4 Å². The quantitative estimate of drug-likeness (QED) is 0.710. The van der Waals surface area contributed by atoms with Gasteiger partial charge in [-0.25, -0.2) is 4.79 Å². The Kier molecular flexibility index (Phi) is 5.08. The molecular formula is C17H20N4O4. The van der Waals surface area contributed by atoms with Crippen molar-refractivity contribution in [2.75, 3.05) is 6.54 Å². The number of piperidine rings is 1. The monoisotopic (exact) mass is 344 g/mol. The Morgan fingerprint density at radius 2 is 2.16 bits per heavy atom. The highest BCUT2D eigenvalue weighted by atomic mass is 16.5. The molecule has 8 nitrogen and oxygen atoms in total. The second-order valence-corrected chi connectivity index (χ2v) is 6.04. The van der Waals surface area contributed by atoms with Crippen LogP contribution in [0, 0.1) is 6.92 Å².